The van der Waals surface area contributed by atoms with Crippen LogP contribution >= 0.6 is 11.3 Å². The molecule has 2 atom stereocenters. The number of rotatable bonds is 4. The predicted molar refractivity (Wildman–Crippen MR) is 77.7 cm³/mol. The van der Waals surface area contributed by atoms with Crippen LogP contribution in [0.3, 0.4) is 0 Å². The van der Waals surface area contributed by atoms with Gasteiger partial charge in [0.1, 0.15) is 0 Å². The molecule has 2 rings (SSSR count). The van der Waals surface area contributed by atoms with Gasteiger partial charge in [0.15, 0.2) is 0 Å². The lowest BCUT2D eigenvalue weighted by molar-refractivity contribution is 0.195. The normalized spacial score (nSPS) is 27.9. The molecule has 0 aliphatic heterocycles. The molecule has 1 fully saturated rings. The minimum atomic E-state index is -0.0746. The van der Waals surface area contributed by atoms with E-state index >= 15 is 0 Å². The van der Waals surface area contributed by atoms with Gasteiger partial charge in [-0.3, -0.25) is 0 Å². The van der Waals surface area contributed by atoms with Crippen molar-refractivity contribution in [1.82, 2.24) is 0 Å². The van der Waals surface area contributed by atoms with Crippen LogP contribution in [-0.4, -0.2) is 0 Å². The smallest absolute Gasteiger partial charge is 0.0693 e. The first-order valence-corrected chi connectivity index (χ1v) is 8.02. The first kappa shape index (κ1) is 13.6. The van der Waals surface area contributed by atoms with E-state index in [1.54, 1.807) is 0 Å². The summed E-state index contributed by atoms with van der Waals surface area (Å²) in [6.07, 6.45) is 8.09. The van der Waals surface area contributed by atoms with Crippen LogP contribution in [0.4, 0.5) is 0 Å². The van der Waals surface area contributed by atoms with Gasteiger partial charge in [0.05, 0.1) is 11.5 Å². The maximum Gasteiger partial charge on any atom is 0.0693 e. The van der Waals surface area contributed by atoms with Crippen molar-refractivity contribution in [2.75, 3.05) is 0 Å². The maximum atomic E-state index is 9.63. The summed E-state index contributed by atoms with van der Waals surface area (Å²) in [6.45, 7) is 4.46. The second kappa shape index (κ2) is 5.89. The number of aryl methyl sites for hydroxylation is 1. The van der Waals surface area contributed by atoms with Crippen LogP contribution in [0.5, 0.6) is 0 Å². The van der Waals surface area contributed by atoms with Crippen molar-refractivity contribution in [3.63, 3.8) is 0 Å². The Hall–Kier alpha value is -0.810. The van der Waals surface area contributed by atoms with Gasteiger partial charge in [-0.05, 0) is 37.3 Å². The molecule has 0 amide bonds. The number of hydrogen-bond acceptors (Lipinski definition) is 2. The monoisotopic (exact) mass is 261 g/mol. The topological polar surface area (TPSA) is 23.8 Å². The van der Waals surface area contributed by atoms with Crippen molar-refractivity contribution in [1.29, 1.82) is 5.26 Å². The molecule has 0 spiro atoms. The molecule has 0 N–H and O–H groups in total. The average molecular weight is 261 g/mol. The summed E-state index contributed by atoms with van der Waals surface area (Å²) in [4.78, 5) is 2.85. The van der Waals surface area contributed by atoms with Crippen molar-refractivity contribution in [3.8, 4) is 6.07 Å². The van der Waals surface area contributed by atoms with Crippen LogP contribution in [0.1, 0.15) is 55.7 Å². The summed E-state index contributed by atoms with van der Waals surface area (Å²) in [7, 11) is 0. The van der Waals surface area contributed by atoms with Gasteiger partial charge in [0.25, 0.3) is 0 Å². The average Bonchev–Trinajstić information content (AvgIpc) is 2.86. The van der Waals surface area contributed by atoms with E-state index in [-0.39, 0.29) is 5.41 Å². The van der Waals surface area contributed by atoms with E-state index in [9.17, 15) is 5.26 Å². The Morgan fingerprint density at radius 2 is 2.17 bits per heavy atom. The SMILES string of the molecule is CCc1ccc(CC2(C#N)CCCC(CC)C2)s1. The van der Waals surface area contributed by atoms with Gasteiger partial charge in [0.2, 0.25) is 0 Å². The van der Waals surface area contributed by atoms with Gasteiger partial charge in [-0.1, -0.05) is 33.1 Å². The first-order chi connectivity index (χ1) is 8.71. The van der Waals surface area contributed by atoms with Gasteiger partial charge in [-0.15, -0.1) is 11.3 Å². The number of hydrogen-bond donors (Lipinski definition) is 0. The predicted octanol–water partition coefficient (Wildman–Crippen LogP) is 4.96. The van der Waals surface area contributed by atoms with Crippen molar-refractivity contribution in [3.05, 3.63) is 21.9 Å². The molecule has 2 heteroatoms. The quantitative estimate of drug-likeness (QED) is 0.751. The number of thiophene rings is 1. The zero-order chi connectivity index (χ0) is 13.0. The molecule has 1 aliphatic rings. The molecule has 0 bridgehead atoms. The molecule has 1 nitrogen and oxygen atoms in total. The second-order valence-corrected chi connectivity index (χ2v) is 6.91. The molecule has 0 saturated heterocycles. The molecule has 18 heavy (non-hydrogen) atoms. The van der Waals surface area contributed by atoms with Gasteiger partial charge in [-0.25, -0.2) is 0 Å². The summed E-state index contributed by atoms with van der Waals surface area (Å²) < 4.78 is 0. The highest BCUT2D eigenvalue weighted by Gasteiger charge is 2.36. The molecular formula is C16H23NS. The molecule has 0 radical (unpaired) electrons. The molecule has 98 valence electrons. The van der Waals surface area contributed by atoms with Crippen molar-refractivity contribution >= 4 is 11.3 Å². The van der Waals surface area contributed by atoms with E-state index < -0.39 is 0 Å². The van der Waals surface area contributed by atoms with E-state index in [0.717, 1.165) is 31.6 Å². The lowest BCUT2D eigenvalue weighted by atomic mass is 9.68. The number of nitriles is 1. The van der Waals surface area contributed by atoms with E-state index in [1.165, 1.54) is 29.0 Å². The fraction of sp³-hybridized carbons (Fsp3) is 0.688. The summed E-state index contributed by atoms with van der Waals surface area (Å²) in [6, 6.07) is 7.13. The highest BCUT2D eigenvalue weighted by molar-refractivity contribution is 7.11. The molecule has 1 heterocycles. The summed E-state index contributed by atoms with van der Waals surface area (Å²) in [5.41, 5.74) is -0.0746. The highest BCUT2D eigenvalue weighted by Crippen LogP contribution is 2.43. The van der Waals surface area contributed by atoms with Crippen LogP contribution in [0.25, 0.3) is 0 Å². The molecule has 0 aromatic carbocycles. The summed E-state index contributed by atoms with van der Waals surface area (Å²) in [5, 5.41) is 9.63. The molecule has 1 aromatic heterocycles. The Labute approximate surface area is 115 Å². The third-order valence-corrected chi connectivity index (χ3v) is 5.57. The van der Waals surface area contributed by atoms with E-state index in [4.69, 9.17) is 0 Å². The molecular weight excluding hydrogens is 238 g/mol. The van der Waals surface area contributed by atoms with E-state index in [0.29, 0.717) is 0 Å². The van der Waals surface area contributed by atoms with E-state index in [2.05, 4.69) is 32.0 Å². The minimum absolute atomic E-state index is 0.0746. The highest BCUT2D eigenvalue weighted by atomic mass is 32.1. The lowest BCUT2D eigenvalue weighted by Gasteiger charge is -2.35. The Morgan fingerprint density at radius 3 is 2.78 bits per heavy atom. The largest absolute Gasteiger partial charge is 0.198 e. The zero-order valence-corrected chi connectivity index (χ0v) is 12.4. The number of nitrogens with zero attached hydrogens (tertiary/aromatic N) is 1. The van der Waals surface area contributed by atoms with Gasteiger partial charge < -0.3 is 0 Å². The molecule has 1 aromatic rings. The Morgan fingerprint density at radius 1 is 1.39 bits per heavy atom. The fourth-order valence-corrected chi connectivity index (χ4v) is 4.28. The molecule has 1 saturated carbocycles. The Bertz CT molecular complexity index is 429. The van der Waals surface area contributed by atoms with Crippen molar-refractivity contribution in [2.45, 2.75) is 58.8 Å². The minimum Gasteiger partial charge on any atom is -0.198 e. The molecule has 1 aliphatic carbocycles. The van der Waals surface area contributed by atoms with Gasteiger partial charge in [-0.2, -0.15) is 5.26 Å². The first-order valence-electron chi connectivity index (χ1n) is 7.20. The van der Waals surface area contributed by atoms with Gasteiger partial charge in [0, 0.05) is 16.2 Å². The maximum absolute atomic E-state index is 9.63. The van der Waals surface area contributed by atoms with E-state index in [1.807, 2.05) is 11.3 Å². The van der Waals surface area contributed by atoms with Crippen molar-refractivity contribution < 1.29 is 0 Å². The Kier molecular flexibility index (Phi) is 4.45. The lowest BCUT2D eigenvalue weighted by Crippen LogP contribution is -2.29. The van der Waals surface area contributed by atoms with Crippen LogP contribution in [0, 0.1) is 22.7 Å². The summed E-state index contributed by atoms with van der Waals surface area (Å²) in [5.74, 6) is 0.768. The fourth-order valence-electron chi connectivity index (χ4n) is 3.18. The standard InChI is InChI=1S/C16H23NS/c1-3-13-6-5-9-16(10-13,12-17)11-15-8-7-14(4-2)18-15/h7-8,13H,3-6,9-11H2,1-2H3. The van der Waals surface area contributed by atoms with Crippen LogP contribution in [0.2, 0.25) is 0 Å². The third kappa shape index (κ3) is 2.95. The third-order valence-electron chi connectivity index (χ3n) is 4.34. The second-order valence-electron chi connectivity index (χ2n) is 5.66. The summed E-state index contributed by atoms with van der Waals surface area (Å²) >= 11 is 1.90. The Balaban J connectivity index is 2.10. The van der Waals surface area contributed by atoms with Crippen LogP contribution in [0.15, 0.2) is 12.1 Å². The van der Waals surface area contributed by atoms with Crippen molar-refractivity contribution in [2.24, 2.45) is 11.3 Å². The zero-order valence-electron chi connectivity index (χ0n) is 11.5. The van der Waals surface area contributed by atoms with Crippen LogP contribution in [-0.2, 0) is 12.8 Å². The van der Waals surface area contributed by atoms with Gasteiger partial charge >= 0.3 is 0 Å². The van der Waals surface area contributed by atoms with Crippen LogP contribution < -0.4 is 0 Å². The molecule has 2 unspecified atom stereocenters.